The maximum absolute atomic E-state index is 13.0. The molecule has 2 bridgehead atoms. The second-order valence-electron chi connectivity index (χ2n) is 9.75. The van der Waals surface area contributed by atoms with Crippen LogP contribution in [0.25, 0.3) is 0 Å². The van der Waals surface area contributed by atoms with E-state index in [2.05, 4.69) is 37.2 Å². The summed E-state index contributed by atoms with van der Waals surface area (Å²) in [5, 5.41) is 12.1. The minimum atomic E-state index is -1.84. The van der Waals surface area contributed by atoms with E-state index in [-0.39, 0.29) is 11.8 Å². The van der Waals surface area contributed by atoms with Crippen LogP contribution in [0.5, 0.6) is 11.5 Å². The van der Waals surface area contributed by atoms with E-state index in [9.17, 15) is 9.90 Å². The molecule has 1 saturated heterocycles. The average Bonchev–Trinajstić information content (AvgIpc) is 2.97. The van der Waals surface area contributed by atoms with Crippen molar-refractivity contribution in [3.63, 3.8) is 0 Å². The molecule has 150 valence electrons. The number of aliphatic hydroxyl groups is 1. The Morgan fingerprint density at radius 3 is 2.89 bits per heavy atom. The lowest BCUT2D eigenvalue weighted by Gasteiger charge is -2.62. The molecule has 2 aliphatic carbocycles. The highest BCUT2D eigenvalue weighted by molar-refractivity contribution is 6.70. The van der Waals surface area contributed by atoms with Gasteiger partial charge in [-0.25, -0.2) is 0 Å². The number of piperidine rings is 1. The van der Waals surface area contributed by atoms with E-state index in [1.165, 1.54) is 5.56 Å². The van der Waals surface area contributed by atoms with Gasteiger partial charge >= 0.3 is 0 Å². The molecule has 1 spiro atoms. The molecule has 6 heteroatoms. The predicted octanol–water partition coefficient (Wildman–Crippen LogP) is 2.81. The van der Waals surface area contributed by atoms with Gasteiger partial charge in [0.1, 0.15) is 5.75 Å². The number of carbonyl (C=O) groups excluding carboxylic acids is 1. The van der Waals surface area contributed by atoms with E-state index in [1.54, 1.807) is 0 Å². The molecule has 0 aromatic heterocycles. The van der Waals surface area contributed by atoms with Gasteiger partial charge in [-0.2, -0.15) is 0 Å². The van der Waals surface area contributed by atoms with E-state index < -0.39 is 25.4 Å². The Bertz CT molecular complexity index is 878. The SMILES string of the molecule is C=CCN1CC[C@]23c4c5ccc(O[Si](C)(C)C)c4O[C@H]2C(=O)CC[C@@]3(O)[C@H]1C5. The molecule has 1 saturated carbocycles. The van der Waals surface area contributed by atoms with Crippen LogP contribution in [0.1, 0.15) is 30.4 Å². The van der Waals surface area contributed by atoms with Gasteiger partial charge in [0.05, 0.1) is 11.0 Å². The fourth-order valence-electron chi connectivity index (χ4n) is 6.20. The molecule has 5 nitrogen and oxygen atoms in total. The summed E-state index contributed by atoms with van der Waals surface area (Å²) in [6.07, 6.45) is 3.67. The standard InChI is InChI=1S/C22H29NO4Si/c1-5-11-23-12-10-21-18-14-6-7-16(27-28(2,3)4)19(18)26-20(21)15(24)8-9-22(21,25)17(23)13-14/h5-7,17,20,25H,1,8-13H2,2-4H3/t17-,20+,21+,22-/m1/s1. The van der Waals surface area contributed by atoms with Crippen molar-refractivity contribution >= 4 is 14.1 Å². The van der Waals surface area contributed by atoms with Crippen molar-refractivity contribution in [3.8, 4) is 11.5 Å². The van der Waals surface area contributed by atoms with Crippen LogP contribution in [-0.4, -0.2) is 54.9 Å². The van der Waals surface area contributed by atoms with Crippen molar-refractivity contribution in [2.75, 3.05) is 13.1 Å². The molecule has 2 aliphatic heterocycles. The summed E-state index contributed by atoms with van der Waals surface area (Å²) in [5.41, 5.74) is 0.645. The number of nitrogens with zero attached hydrogens (tertiary/aromatic N) is 1. The van der Waals surface area contributed by atoms with Crippen LogP contribution in [0, 0.1) is 0 Å². The van der Waals surface area contributed by atoms with Gasteiger partial charge in [0.25, 0.3) is 0 Å². The van der Waals surface area contributed by atoms with E-state index in [1.807, 2.05) is 12.1 Å². The van der Waals surface area contributed by atoms with Crippen molar-refractivity contribution in [1.29, 1.82) is 0 Å². The van der Waals surface area contributed by atoms with Crippen LogP contribution in [0.15, 0.2) is 24.8 Å². The second-order valence-corrected chi connectivity index (χ2v) is 14.2. The van der Waals surface area contributed by atoms with Gasteiger partial charge in [0, 0.05) is 31.1 Å². The van der Waals surface area contributed by atoms with Crippen molar-refractivity contribution in [2.24, 2.45) is 0 Å². The zero-order valence-corrected chi connectivity index (χ0v) is 18.0. The van der Waals surface area contributed by atoms with Gasteiger partial charge in [-0.1, -0.05) is 12.1 Å². The molecule has 5 rings (SSSR count). The number of ketones is 1. The molecule has 1 aromatic carbocycles. The second kappa shape index (κ2) is 5.71. The van der Waals surface area contributed by atoms with E-state index in [0.29, 0.717) is 18.6 Å². The zero-order valence-electron chi connectivity index (χ0n) is 17.0. The molecule has 2 fully saturated rings. The van der Waals surface area contributed by atoms with Crippen LogP contribution in [-0.2, 0) is 16.6 Å². The Morgan fingerprint density at radius 2 is 2.18 bits per heavy atom. The fraction of sp³-hybridized carbons (Fsp3) is 0.591. The van der Waals surface area contributed by atoms with Gasteiger partial charge in [0.2, 0.25) is 8.32 Å². The number of carbonyl (C=O) groups is 1. The summed E-state index contributed by atoms with van der Waals surface area (Å²) in [6, 6.07) is 4.12. The van der Waals surface area contributed by atoms with Crippen molar-refractivity contribution in [1.82, 2.24) is 4.90 Å². The molecule has 1 aromatic rings. The Morgan fingerprint density at radius 1 is 1.39 bits per heavy atom. The topological polar surface area (TPSA) is 59.0 Å². The Hall–Kier alpha value is -1.63. The quantitative estimate of drug-likeness (QED) is 0.623. The number of Topliss-reactive ketones (excluding diaryl/α,β-unsaturated/α-hetero) is 1. The number of hydrogen-bond donors (Lipinski definition) is 1. The van der Waals surface area contributed by atoms with Crippen LogP contribution in [0.2, 0.25) is 19.6 Å². The summed E-state index contributed by atoms with van der Waals surface area (Å²) in [6.45, 7) is 11.9. The van der Waals surface area contributed by atoms with Gasteiger partial charge in [-0.15, -0.1) is 6.58 Å². The maximum Gasteiger partial charge on any atom is 0.242 e. The fourth-order valence-corrected chi connectivity index (χ4v) is 7.02. The van der Waals surface area contributed by atoms with Gasteiger partial charge < -0.3 is 14.3 Å². The smallest absolute Gasteiger partial charge is 0.242 e. The Labute approximate surface area is 167 Å². The lowest BCUT2D eigenvalue weighted by atomic mass is 9.49. The first-order chi connectivity index (χ1) is 13.2. The normalized spacial score (nSPS) is 35.9. The highest BCUT2D eigenvalue weighted by Crippen LogP contribution is 2.64. The minimum Gasteiger partial charge on any atom is -0.542 e. The van der Waals surface area contributed by atoms with Gasteiger partial charge in [-0.3, -0.25) is 9.69 Å². The highest BCUT2D eigenvalue weighted by Gasteiger charge is 2.73. The van der Waals surface area contributed by atoms with Crippen LogP contribution < -0.4 is 9.16 Å². The average molecular weight is 400 g/mol. The molecular formula is C22H29NO4Si. The van der Waals surface area contributed by atoms with Crippen molar-refractivity contribution < 1.29 is 19.1 Å². The first kappa shape index (κ1) is 18.4. The summed E-state index contributed by atoms with van der Waals surface area (Å²) >= 11 is 0. The highest BCUT2D eigenvalue weighted by atomic mass is 28.4. The predicted molar refractivity (Wildman–Crippen MR) is 110 cm³/mol. The van der Waals surface area contributed by atoms with Crippen molar-refractivity contribution in [3.05, 3.63) is 35.9 Å². The molecule has 1 N–H and O–H groups in total. The first-order valence-electron chi connectivity index (χ1n) is 10.3. The van der Waals surface area contributed by atoms with E-state index >= 15 is 0 Å². The molecule has 2 heterocycles. The van der Waals surface area contributed by atoms with E-state index in [4.69, 9.17) is 9.16 Å². The Kier molecular flexibility index (Phi) is 3.75. The first-order valence-corrected chi connectivity index (χ1v) is 13.7. The van der Waals surface area contributed by atoms with Crippen LogP contribution in [0.3, 0.4) is 0 Å². The largest absolute Gasteiger partial charge is 0.542 e. The van der Waals surface area contributed by atoms with Crippen LogP contribution in [0.4, 0.5) is 0 Å². The van der Waals surface area contributed by atoms with Gasteiger partial charge in [0.15, 0.2) is 17.6 Å². The molecule has 0 unspecified atom stereocenters. The minimum absolute atomic E-state index is 0.0133. The summed E-state index contributed by atoms with van der Waals surface area (Å²) in [5.74, 6) is 1.57. The molecule has 28 heavy (non-hydrogen) atoms. The summed E-state index contributed by atoms with van der Waals surface area (Å²) < 4.78 is 12.7. The lowest BCUT2D eigenvalue weighted by molar-refractivity contribution is -0.187. The number of hydrogen-bond acceptors (Lipinski definition) is 5. The number of likely N-dealkylation sites (tertiary alicyclic amines) is 1. The lowest BCUT2D eigenvalue weighted by Crippen LogP contribution is -2.76. The third kappa shape index (κ3) is 2.17. The molecule has 0 radical (unpaired) electrons. The monoisotopic (exact) mass is 399 g/mol. The third-order valence-electron chi connectivity index (χ3n) is 7.13. The summed E-state index contributed by atoms with van der Waals surface area (Å²) in [7, 11) is -1.84. The molecule has 4 aliphatic rings. The molecule has 0 amide bonds. The summed E-state index contributed by atoms with van der Waals surface area (Å²) in [4.78, 5) is 15.3. The van der Waals surface area contributed by atoms with Crippen LogP contribution >= 0.6 is 0 Å². The maximum atomic E-state index is 13.0. The molecule has 4 atom stereocenters. The Balaban J connectivity index is 1.73. The molecular weight excluding hydrogens is 370 g/mol. The third-order valence-corrected chi connectivity index (χ3v) is 7.97. The number of rotatable bonds is 4. The van der Waals surface area contributed by atoms with Crippen molar-refractivity contribution in [2.45, 2.75) is 68.5 Å². The van der Waals surface area contributed by atoms with E-state index in [0.717, 1.165) is 37.2 Å². The number of benzene rings is 1. The zero-order chi connectivity index (χ0) is 19.9. The number of ether oxygens (including phenoxy) is 1. The van der Waals surface area contributed by atoms with Gasteiger partial charge in [-0.05, 0) is 50.5 Å².